The maximum atomic E-state index is 9.09. The first-order valence-corrected chi connectivity index (χ1v) is 5.77. The summed E-state index contributed by atoms with van der Waals surface area (Å²) < 4.78 is 5.93. The summed E-state index contributed by atoms with van der Waals surface area (Å²) in [4.78, 5) is 4.23. The van der Waals surface area contributed by atoms with Crippen molar-refractivity contribution in [1.82, 2.24) is 4.98 Å². The van der Waals surface area contributed by atoms with Crippen molar-refractivity contribution in [1.29, 1.82) is 0 Å². The average molecular weight is 303 g/mol. The van der Waals surface area contributed by atoms with Crippen LogP contribution in [-0.2, 0) is 6.61 Å². The van der Waals surface area contributed by atoms with Crippen LogP contribution in [0, 0.1) is 0 Å². The van der Waals surface area contributed by atoms with Crippen LogP contribution in [-0.4, -0.2) is 17.2 Å². The molecule has 0 radical (unpaired) electrons. The van der Waals surface area contributed by atoms with Crippen molar-refractivity contribution in [3.05, 3.63) is 33.4 Å². The zero-order valence-corrected chi connectivity index (χ0v) is 10.8. The molecular weight excluding hydrogens is 293 g/mol. The third-order valence-corrected chi connectivity index (χ3v) is 3.40. The molecule has 0 amide bonds. The predicted octanol–water partition coefficient (Wildman–Crippen LogP) is 3.15. The summed E-state index contributed by atoms with van der Waals surface area (Å²) >= 11 is 9.35. The number of rotatable bonds is 2. The fraction of sp³-hybridized carbons (Fsp3) is 0.182. The molecule has 2 aromatic rings. The number of nitrogens with zero attached hydrogens (tertiary/aromatic N) is 1. The number of ether oxygens (including phenoxy) is 1. The second-order valence-corrected chi connectivity index (χ2v) is 4.40. The van der Waals surface area contributed by atoms with Crippen LogP contribution >= 0.6 is 27.5 Å². The van der Waals surface area contributed by atoms with E-state index in [2.05, 4.69) is 20.9 Å². The minimum absolute atomic E-state index is 0.120. The van der Waals surface area contributed by atoms with Crippen molar-refractivity contribution in [3.8, 4) is 5.75 Å². The Morgan fingerprint density at radius 2 is 2.25 bits per heavy atom. The second-order valence-electron chi connectivity index (χ2n) is 3.25. The Morgan fingerprint density at radius 1 is 1.50 bits per heavy atom. The van der Waals surface area contributed by atoms with E-state index in [4.69, 9.17) is 21.4 Å². The van der Waals surface area contributed by atoms with E-state index < -0.39 is 0 Å². The van der Waals surface area contributed by atoms with Gasteiger partial charge in [-0.3, -0.25) is 0 Å². The van der Waals surface area contributed by atoms with E-state index in [0.717, 1.165) is 15.4 Å². The summed E-state index contributed by atoms with van der Waals surface area (Å²) in [5.41, 5.74) is 1.34. The highest BCUT2D eigenvalue weighted by Crippen LogP contribution is 2.33. The van der Waals surface area contributed by atoms with Crippen molar-refractivity contribution < 1.29 is 9.84 Å². The van der Waals surface area contributed by atoms with Gasteiger partial charge in [0.15, 0.2) is 0 Å². The smallest absolute Gasteiger partial charge is 0.135 e. The maximum absolute atomic E-state index is 9.09. The largest absolute Gasteiger partial charge is 0.495 e. The van der Waals surface area contributed by atoms with Crippen LogP contribution in [0.3, 0.4) is 0 Å². The van der Waals surface area contributed by atoms with E-state index in [1.807, 2.05) is 18.2 Å². The molecule has 0 aliphatic carbocycles. The van der Waals surface area contributed by atoms with Crippen molar-refractivity contribution in [2.75, 3.05) is 7.11 Å². The van der Waals surface area contributed by atoms with E-state index >= 15 is 0 Å². The average Bonchev–Trinajstić information content (AvgIpc) is 2.30. The van der Waals surface area contributed by atoms with Crippen molar-refractivity contribution in [2.45, 2.75) is 6.61 Å². The lowest BCUT2D eigenvalue weighted by Crippen LogP contribution is -1.92. The quantitative estimate of drug-likeness (QED) is 0.867. The Morgan fingerprint density at radius 3 is 2.88 bits per heavy atom. The van der Waals surface area contributed by atoms with Crippen LogP contribution in [0.15, 0.2) is 22.7 Å². The van der Waals surface area contributed by atoms with Gasteiger partial charge in [0.1, 0.15) is 10.9 Å². The molecule has 16 heavy (non-hydrogen) atoms. The van der Waals surface area contributed by atoms with E-state index in [0.29, 0.717) is 16.5 Å². The van der Waals surface area contributed by atoms with Gasteiger partial charge < -0.3 is 9.84 Å². The predicted molar refractivity (Wildman–Crippen MR) is 66.9 cm³/mol. The number of aliphatic hydroxyl groups is 1. The Labute approximate surface area is 106 Å². The Hall–Kier alpha value is -0.840. The lowest BCUT2D eigenvalue weighted by Gasteiger charge is -2.08. The molecule has 1 aromatic carbocycles. The maximum Gasteiger partial charge on any atom is 0.135 e. The summed E-state index contributed by atoms with van der Waals surface area (Å²) in [6.45, 7) is -0.120. The Bertz CT molecular complexity index is 543. The summed E-state index contributed by atoms with van der Waals surface area (Å²) in [5, 5.41) is 10.3. The number of fused-ring (bicyclic) bond motifs is 1. The molecule has 0 atom stereocenters. The summed E-state index contributed by atoms with van der Waals surface area (Å²) in [5.74, 6) is 0.702. The number of pyridine rings is 1. The molecule has 0 aliphatic heterocycles. The molecule has 0 spiro atoms. The minimum atomic E-state index is -0.120. The van der Waals surface area contributed by atoms with E-state index in [-0.39, 0.29) is 6.61 Å². The third-order valence-electron chi connectivity index (χ3n) is 2.31. The summed E-state index contributed by atoms with van der Waals surface area (Å²) in [6, 6.07) is 5.53. The van der Waals surface area contributed by atoms with Crippen LogP contribution in [0.5, 0.6) is 5.75 Å². The van der Waals surface area contributed by atoms with E-state index in [1.54, 1.807) is 7.11 Å². The van der Waals surface area contributed by atoms with Crippen LogP contribution in [0.2, 0.25) is 5.15 Å². The number of methoxy groups -OCH3 is 1. The number of hydrogen-bond acceptors (Lipinski definition) is 3. The zero-order valence-electron chi connectivity index (χ0n) is 8.50. The fourth-order valence-corrected chi connectivity index (χ4v) is 2.29. The van der Waals surface area contributed by atoms with Crippen molar-refractivity contribution in [3.63, 3.8) is 0 Å². The molecule has 2 rings (SSSR count). The van der Waals surface area contributed by atoms with Gasteiger partial charge in [-0.05, 0) is 34.1 Å². The molecular formula is C11H9BrClNO2. The van der Waals surface area contributed by atoms with Gasteiger partial charge in [0, 0.05) is 10.9 Å². The van der Waals surface area contributed by atoms with Gasteiger partial charge in [0.2, 0.25) is 0 Å². The number of aromatic nitrogens is 1. The highest BCUT2D eigenvalue weighted by Gasteiger charge is 2.10. The van der Waals surface area contributed by atoms with Gasteiger partial charge in [0.25, 0.3) is 0 Å². The summed E-state index contributed by atoms with van der Waals surface area (Å²) in [6.07, 6.45) is 0. The lowest BCUT2D eigenvalue weighted by atomic mass is 10.1. The monoisotopic (exact) mass is 301 g/mol. The standard InChI is InChI=1S/C11H9BrClNO2/c1-16-8-3-2-6-4-7(5-15)11(13)14-10(6)9(8)12/h2-4,15H,5H2,1H3. The number of halogens is 2. The highest BCUT2D eigenvalue weighted by molar-refractivity contribution is 9.10. The highest BCUT2D eigenvalue weighted by atomic mass is 79.9. The zero-order chi connectivity index (χ0) is 11.7. The molecule has 0 unspecified atom stereocenters. The fourth-order valence-electron chi connectivity index (χ4n) is 1.48. The molecule has 0 saturated heterocycles. The van der Waals surface area contributed by atoms with E-state index in [9.17, 15) is 0 Å². The molecule has 84 valence electrons. The molecule has 0 aliphatic rings. The molecule has 1 N–H and O–H groups in total. The van der Waals surface area contributed by atoms with Crippen molar-refractivity contribution in [2.24, 2.45) is 0 Å². The van der Waals surface area contributed by atoms with Crippen LogP contribution in [0.25, 0.3) is 10.9 Å². The first-order chi connectivity index (χ1) is 7.67. The second kappa shape index (κ2) is 4.57. The molecule has 1 aromatic heterocycles. The van der Waals surface area contributed by atoms with E-state index in [1.165, 1.54) is 0 Å². The summed E-state index contributed by atoms with van der Waals surface area (Å²) in [7, 11) is 1.59. The Kier molecular flexibility index (Phi) is 3.33. The number of aliphatic hydroxyl groups excluding tert-OH is 1. The number of hydrogen-bond donors (Lipinski definition) is 1. The first kappa shape index (κ1) is 11.6. The topological polar surface area (TPSA) is 42.4 Å². The molecule has 3 nitrogen and oxygen atoms in total. The Balaban J connectivity index is 2.75. The van der Waals surface area contributed by atoms with Gasteiger partial charge in [-0.2, -0.15) is 0 Å². The van der Waals surface area contributed by atoms with Crippen LogP contribution in [0.1, 0.15) is 5.56 Å². The van der Waals surface area contributed by atoms with Gasteiger partial charge in [-0.25, -0.2) is 4.98 Å². The minimum Gasteiger partial charge on any atom is -0.495 e. The molecule has 0 saturated carbocycles. The van der Waals surface area contributed by atoms with Gasteiger partial charge in [-0.1, -0.05) is 11.6 Å². The first-order valence-electron chi connectivity index (χ1n) is 4.60. The van der Waals surface area contributed by atoms with Crippen molar-refractivity contribution >= 4 is 38.4 Å². The molecule has 0 fully saturated rings. The van der Waals surface area contributed by atoms with Gasteiger partial charge >= 0.3 is 0 Å². The molecule has 0 bridgehead atoms. The normalized spacial score (nSPS) is 10.8. The van der Waals surface area contributed by atoms with Crippen LogP contribution in [0.4, 0.5) is 0 Å². The molecule has 1 heterocycles. The van der Waals surface area contributed by atoms with Gasteiger partial charge in [-0.15, -0.1) is 0 Å². The lowest BCUT2D eigenvalue weighted by molar-refractivity contribution is 0.281. The molecule has 5 heteroatoms. The third kappa shape index (κ3) is 1.88. The SMILES string of the molecule is COc1ccc2cc(CO)c(Cl)nc2c1Br. The van der Waals surface area contributed by atoms with Crippen LogP contribution < -0.4 is 4.74 Å². The number of benzene rings is 1. The van der Waals surface area contributed by atoms with Gasteiger partial charge in [0.05, 0.1) is 23.7 Å².